The second-order valence-electron chi connectivity index (χ2n) is 4.53. The van der Waals surface area contributed by atoms with Crippen molar-refractivity contribution in [2.24, 2.45) is 0 Å². The number of nitrogens with one attached hydrogen (secondary N) is 1. The minimum absolute atomic E-state index is 0.132. The number of H-pyrrole nitrogens is 1. The third kappa shape index (κ3) is 2.34. The number of aromatic amines is 1. The van der Waals surface area contributed by atoms with E-state index in [2.05, 4.69) is 15.2 Å². The zero-order valence-electron chi connectivity index (χ0n) is 10.8. The number of benzene rings is 1. The average molecular weight is 322 g/mol. The predicted octanol–water partition coefficient (Wildman–Crippen LogP) is 3.94. The van der Waals surface area contributed by atoms with Crippen LogP contribution in [-0.2, 0) is 0 Å². The van der Waals surface area contributed by atoms with Gasteiger partial charge in [-0.3, -0.25) is 5.10 Å². The summed E-state index contributed by atoms with van der Waals surface area (Å²) in [6.45, 7) is 1.75. The number of rotatable bonds is 2. The normalized spacial score (nSPS) is 11.0. The van der Waals surface area contributed by atoms with Gasteiger partial charge in [0.1, 0.15) is 0 Å². The number of hydrogen-bond donors (Lipinski definition) is 2. The molecule has 0 aliphatic heterocycles. The maximum Gasteiger partial charge on any atom is 0.336 e. The molecule has 106 valence electrons. The second kappa shape index (κ2) is 5.02. The molecule has 0 spiro atoms. The Morgan fingerprint density at radius 1 is 1.29 bits per heavy atom. The molecular formula is C14H9Cl2N3O2. The number of carbonyl (C=O) groups is 1. The van der Waals surface area contributed by atoms with Crippen molar-refractivity contribution in [2.75, 3.05) is 0 Å². The first-order valence-electron chi connectivity index (χ1n) is 6.02. The summed E-state index contributed by atoms with van der Waals surface area (Å²) in [6.07, 6.45) is 0. The number of carboxylic acid groups (broad SMARTS) is 1. The molecule has 0 fully saturated rings. The average Bonchev–Trinajstić information content (AvgIpc) is 2.79. The molecule has 5 nitrogen and oxygen atoms in total. The van der Waals surface area contributed by atoms with Gasteiger partial charge in [0, 0.05) is 16.3 Å². The van der Waals surface area contributed by atoms with Gasteiger partial charge < -0.3 is 5.11 Å². The molecule has 0 saturated carbocycles. The van der Waals surface area contributed by atoms with E-state index in [-0.39, 0.29) is 5.56 Å². The fourth-order valence-corrected chi connectivity index (χ4v) is 2.68. The highest BCUT2D eigenvalue weighted by atomic mass is 35.5. The molecule has 0 bridgehead atoms. The summed E-state index contributed by atoms with van der Waals surface area (Å²) in [7, 11) is 0. The van der Waals surface area contributed by atoms with E-state index < -0.39 is 5.97 Å². The Hall–Kier alpha value is -2.11. The van der Waals surface area contributed by atoms with Crippen LogP contribution in [0.1, 0.15) is 16.1 Å². The molecule has 2 heterocycles. The van der Waals surface area contributed by atoms with Crippen molar-refractivity contribution >= 4 is 40.2 Å². The van der Waals surface area contributed by atoms with Crippen molar-refractivity contribution in [3.05, 3.63) is 45.6 Å². The molecule has 3 aromatic rings. The number of aromatic nitrogens is 3. The van der Waals surface area contributed by atoms with Crippen LogP contribution in [0.4, 0.5) is 0 Å². The molecule has 21 heavy (non-hydrogen) atoms. The third-order valence-corrected chi connectivity index (χ3v) is 3.69. The Balaban J connectivity index is 2.31. The zero-order valence-corrected chi connectivity index (χ0v) is 12.3. The number of carboxylic acids is 1. The Labute approximate surface area is 129 Å². The summed E-state index contributed by atoms with van der Waals surface area (Å²) in [4.78, 5) is 15.8. The molecule has 0 atom stereocenters. The quantitative estimate of drug-likeness (QED) is 0.749. The van der Waals surface area contributed by atoms with Gasteiger partial charge in [0.2, 0.25) is 0 Å². The molecule has 2 aromatic heterocycles. The number of pyridine rings is 1. The van der Waals surface area contributed by atoms with Gasteiger partial charge in [0.25, 0.3) is 0 Å². The Morgan fingerprint density at radius 3 is 2.71 bits per heavy atom. The number of aryl methyl sites for hydroxylation is 1. The molecule has 1 aromatic carbocycles. The highest BCUT2D eigenvalue weighted by molar-refractivity contribution is 6.36. The zero-order chi connectivity index (χ0) is 15.1. The molecule has 0 aliphatic carbocycles. The lowest BCUT2D eigenvalue weighted by Gasteiger charge is -2.06. The molecule has 3 rings (SSSR count). The molecule has 0 aliphatic rings. The smallest absolute Gasteiger partial charge is 0.336 e. The van der Waals surface area contributed by atoms with E-state index in [1.54, 1.807) is 25.1 Å². The van der Waals surface area contributed by atoms with Crippen LogP contribution in [0, 0.1) is 6.92 Å². The van der Waals surface area contributed by atoms with Crippen molar-refractivity contribution in [3.8, 4) is 11.3 Å². The summed E-state index contributed by atoms with van der Waals surface area (Å²) in [6, 6.07) is 6.44. The van der Waals surface area contributed by atoms with Crippen LogP contribution in [0.15, 0.2) is 24.3 Å². The predicted molar refractivity (Wildman–Crippen MR) is 81.0 cm³/mol. The van der Waals surface area contributed by atoms with Crippen LogP contribution >= 0.6 is 23.2 Å². The first-order valence-corrected chi connectivity index (χ1v) is 6.77. The van der Waals surface area contributed by atoms with Gasteiger partial charge >= 0.3 is 5.97 Å². The topological polar surface area (TPSA) is 78.9 Å². The van der Waals surface area contributed by atoms with Crippen molar-refractivity contribution in [1.82, 2.24) is 15.2 Å². The van der Waals surface area contributed by atoms with Gasteiger partial charge in [-0.1, -0.05) is 23.2 Å². The number of nitrogens with zero attached hydrogens (tertiary/aromatic N) is 2. The van der Waals surface area contributed by atoms with Crippen LogP contribution in [0.2, 0.25) is 10.0 Å². The maximum atomic E-state index is 11.5. The number of halogens is 2. The van der Waals surface area contributed by atoms with E-state index >= 15 is 0 Å². The van der Waals surface area contributed by atoms with E-state index in [1.165, 1.54) is 6.07 Å². The van der Waals surface area contributed by atoms with Crippen LogP contribution in [0.5, 0.6) is 0 Å². The Kier molecular flexibility index (Phi) is 3.31. The van der Waals surface area contributed by atoms with Crippen molar-refractivity contribution in [2.45, 2.75) is 6.92 Å². The van der Waals surface area contributed by atoms with Gasteiger partial charge in [-0.2, -0.15) is 5.10 Å². The van der Waals surface area contributed by atoms with Crippen LogP contribution < -0.4 is 0 Å². The Morgan fingerprint density at radius 2 is 2.05 bits per heavy atom. The minimum Gasteiger partial charge on any atom is -0.478 e. The van der Waals surface area contributed by atoms with Gasteiger partial charge in [-0.05, 0) is 31.2 Å². The molecule has 2 N–H and O–H groups in total. The third-order valence-electron chi connectivity index (χ3n) is 3.14. The summed E-state index contributed by atoms with van der Waals surface area (Å²) in [5.41, 5.74) is 2.17. The fraction of sp³-hybridized carbons (Fsp3) is 0.0714. The monoisotopic (exact) mass is 321 g/mol. The standard InChI is InChI=1S/C14H9Cl2N3O2/c1-6-12-9(14(20)21)5-11(17-13(12)19-18-6)8-3-2-7(15)4-10(8)16/h2-5H,1H3,(H,20,21)(H,17,18,19). The fourth-order valence-electron chi connectivity index (χ4n) is 2.18. The maximum absolute atomic E-state index is 11.5. The Bertz CT molecular complexity index is 874. The van der Waals surface area contributed by atoms with Crippen molar-refractivity contribution in [3.63, 3.8) is 0 Å². The summed E-state index contributed by atoms with van der Waals surface area (Å²) in [5, 5.41) is 17.6. The van der Waals surface area contributed by atoms with Gasteiger partial charge in [0.05, 0.1) is 21.7 Å². The molecule has 0 unspecified atom stereocenters. The molecule has 0 amide bonds. The number of aromatic carboxylic acids is 1. The largest absolute Gasteiger partial charge is 0.478 e. The SMILES string of the molecule is Cc1[nH]nc2nc(-c3ccc(Cl)cc3Cl)cc(C(=O)O)c12. The second-order valence-corrected chi connectivity index (χ2v) is 5.38. The van der Waals surface area contributed by atoms with Gasteiger partial charge in [-0.15, -0.1) is 0 Å². The van der Waals surface area contributed by atoms with E-state index in [9.17, 15) is 9.90 Å². The van der Waals surface area contributed by atoms with Crippen LogP contribution in [0.3, 0.4) is 0 Å². The highest BCUT2D eigenvalue weighted by Gasteiger charge is 2.18. The summed E-state index contributed by atoms with van der Waals surface area (Å²) in [5.74, 6) is -1.04. The molecule has 0 saturated heterocycles. The van der Waals surface area contributed by atoms with E-state index in [0.29, 0.717) is 38.0 Å². The lowest BCUT2D eigenvalue weighted by molar-refractivity contribution is 0.0699. The molecular weight excluding hydrogens is 313 g/mol. The van der Waals surface area contributed by atoms with E-state index in [4.69, 9.17) is 23.2 Å². The number of hydrogen-bond acceptors (Lipinski definition) is 3. The van der Waals surface area contributed by atoms with Gasteiger partial charge in [-0.25, -0.2) is 9.78 Å². The van der Waals surface area contributed by atoms with Gasteiger partial charge in [0.15, 0.2) is 5.65 Å². The first-order chi connectivity index (χ1) is 9.97. The summed E-state index contributed by atoms with van der Waals surface area (Å²) >= 11 is 12.0. The van der Waals surface area contributed by atoms with Crippen LogP contribution in [0.25, 0.3) is 22.3 Å². The molecule has 7 heteroatoms. The first kappa shape index (κ1) is 13.9. The van der Waals surface area contributed by atoms with Crippen molar-refractivity contribution in [1.29, 1.82) is 0 Å². The van der Waals surface area contributed by atoms with E-state index in [0.717, 1.165) is 0 Å². The van der Waals surface area contributed by atoms with Crippen molar-refractivity contribution < 1.29 is 9.90 Å². The number of fused-ring (bicyclic) bond motifs is 1. The van der Waals surface area contributed by atoms with Crippen LogP contribution in [-0.4, -0.2) is 26.3 Å². The lowest BCUT2D eigenvalue weighted by atomic mass is 10.1. The summed E-state index contributed by atoms with van der Waals surface area (Å²) < 4.78 is 0. The minimum atomic E-state index is -1.04. The van der Waals surface area contributed by atoms with E-state index in [1.807, 2.05) is 0 Å². The molecule has 0 radical (unpaired) electrons. The highest BCUT2D eigenvalue weighted by Crippen LogP contribution is 2.32. The lowest BCUT2D eigenvalue weighted by Crippen LogP contribution is -2.00.